The van der Waals surface area contributed by atoms with Crippen LogP contribution in [0.1, 0.15) is 99.4 Å². The van der Waals surface area contributed by atoms with Crippen LogP contribution >= 0.6 is 0 Å². The second kappa shape index (κ2) is 15.8. The number of benzene rings is 1. The minimum atomic E-state index is -4.82. The van der Waals surface area contributed by atoms with E-state index in [0.29, 0.717) is 38.2 Å². The number of sulfonamides is 1. The van der Waals surface area contributed by atoms with E-state index >= 15 is 0 Å². The molecule has 2 aliphatic heterocycles. The maximum absolute atomic E-state index is 14.4. The molecule has 5 atom stereocenters. The van der Waals surface area contributed by atoms with Crippen molar-refractivity contribution in [2.45, 2.75) is 125 Å². The lowest BCUT2D eigenvalue weighted by molar-refractivity contribution is -0.141. The van der Waals surface area contributed by atoms with Gasteiger partial charge in [-0.3, -0.25) is 23.9 Å². The molecule has 0 unspecified atom stereocenters. The van der Waals surface area contributed by atoms with Gasteiger partial charge in [0.25, 0.3) is 11.8 Å². The van der Waals surface area contributed by atoms with E-state index < -0.39 is 92.0 Å². The molecule has 3 aliphatic carbocycles. The second-order valence-electron chi connectivity index (χ2n) is 15.0. The molecule has 14 nitrogen and oxygen atoms in total. The fourth-order valence-electron chi connectivity index (χ4n) is 7.70. The Morgan fingerprint density at radius 1 is 0.944 bits per heavy atom. The highest BCUT2D eigenvalue weighted by Gasteiger charge is 2.62. The third-order valence-corrected chi connectivity index (χ3v) is 12.8. The number of urea groups is 1. The van der Waals surface area contributed by atoms with E-state index in [0.717, 1.165) is 51.3 Å². The number of carbonyl (C=O) groups excluding carboxylic acids is 5. The van der Waals surface area contributed by atoms with E-state index in [-0.39, 0.29) is 37.4 Å². The summed E-state index contributed by atoms with van der Waals surface area (Å²) in [5.74, 6) is -4.14. The third kappa shape index (κ3) is 8.95. The lowest BCUT2D eigenvalue weighted by atomic mass is 10.0. The van der Waals surface area contributed by atoms with Crippen LogP contribution in [0.3, 0.4) is 0 Å². The number of fused-ring (bicyclic) bond motifs is 2. The predicted molar refractivity (Wildman–Crippen MR) is 188 cm³/mol. The number of nitrogens with one attached hydrogen (secondary N) is 5. The summed E-state index contributed by atoms with van der Waals surface area (Å²) in [5, 5.41) is 10.4. The van der Waals surface area contributed by atoms with E-state index in [9.17, 15) is 45.6 Å². The summed E-state index contributed by atoms with van der Waals surface area (Å²) in [4.78, 5) is 69.9. The SMILES string of the molecule is COc1ccc(C(=O)N[C@@H]2C[C@H]3C(=O)N[C@]4(C(=O)NS(=O)(=O)C5CC5)C[C@@H]4/C=C\CCCCC[C@H](NC(=O)NC4CCCC4)C(=O)N3C2)cc1C(F)(F)F. The molecule has 6 rings (SSSR count). The van der Waals surface area contributed by atoms with Crippen molar-refractivity contribution in [3.63, 3.8) is 0 Å². The van der Waals surface area contributed by atoms with Crippen LogP contribution < -0.4 is 30.7 Å². The maximum Gasteiger partial charge on any atom is 0.419 e. The molecule has 0 spiro atoms. The zero-order valence-corrected chi connectivity index (χ0v) is 30.8. The van der Waals surface area contributed by atoms with Crippen molar-refractivity contribution in [2.24, 2.45) is 5.92 Å². The van der Waals surface area contributed by atoms with Gasteiger partial charge in [0.05, 0.1) is 17.9 Å². The molecule has 1 aromatic carbocycles. The number of halogens is 3. The molecule has 18 heteroatoms. The minimum absolute atomic E-state index is 0.0348. The van der Waals surface area contributed by atoms with Crippen molar-refractivity contribution in [3.8, 4) is 5.75 Å². The van der Waals surface area contributed by atoms with Gasteiger partial charge in [0, 0.05) is 30.1 Å². The van der Waals surface area contributed by atoms with Crippen LogP contribution in [0.2, 0.25) is 0 Å². The first-order valence-corrected chi connectivity index (χ1v) is 20.1. The summed E-state index contributed by atoms with van der Waals surface area (Å²) >= 11 is 0. The Morgan fingerprint density at radius 3 is 2.35 bits per heavy atom. The Morgan fingerprint density at radius 2 is 1.67 bits per heavy atom. The van der Waals surface area contributed by atoms with Gasteiger partial charge in [-0.05, 0) is 76.0 Å². The zero-order valence-electron chi connectivity index (χ0n) is 30.0. The van der Waals surface area contributed by atoms with Crippen LogP contribution in [0.25, 0.3) is 0 Å². The number of rotatable bonds is 8. The molecule has 0 radical (unpaired) electrons. The Kier molecular flexibility index (Phi) is 11.5. The summed E-state index contributed by atoms with van der Waals surface area (Å²) < 4.78 is 73.7. The van der Waals surface area contributed by atoms with Crippen LogP contribution in [-0.4, -0.2) is 91.6 Å². The number of methoxy groups -OCH3 is 1. The molecule has 2 heterocycles. The number of hydrogen-bond donors (Lipinski definition) is 5. The first kappa shape index (κ1) is 39.3. The quantitative estimate of drug-likeness (QED) is 0.249. The number of alkyl halides is 3. The van der Waals surface area contributed by atoms with E-state index in [2.05, 4.69) is 26.0 Å². The van der Waals surface area contributed by atoms with Gasteiger partial charge in [-0.25, -0.2) is 13.2 Å². The highest BCUT2D eigenvalue weighted by molar-refractivity contribution is 7.91. The molecular weight excluding hydrogens is 733 g/mol. The normalized spacial score (nSPS) is 28.7. The van der Waals surface area contributed by atoms with Gasteiger partial charge in [-0.2, -0.15) is 13.2 Å². The molecule has 4 fully saturated rings. The largest absolute Gasteiger partial charge is 0.496 e. The Hall–Kier alpha value is -4.35. The number of carbonyl (C=O) groups is 5. The molecule has 296 valence electrons. The van der Waals surface area contributed by atoms with E-state index in [4.69, 9.17) is 4.74 Å². The first-order chi connectivity index (χ1) is 25.6. The molecule has 1 aromatic rings. The van der Waals surface area contributed by atoms with Crippen LogP contribution in [0.4, 0.5) is 18.0 Å². The highest BCUT2D eigenvalue weighted by atomic mass is 32.2. The van der Waals surface area contributed by atoms with Crippen LogP contribution in [0, 0.1) is 5.92 Å². The second-order valence-corrected chi connectivity index (χ2v) is 17.0. The van der Waals surface area contributed by atoms with Gasteiger partial charge < -0.3 is 30.9 Å². The molecule has 3 saturated carbocycles. The van der Waals surface area contributed by atoms with Gasteiger partial charge in [0.15, 0.2) is 0 Å². The molecular formula is C36H47F3N6O8S. The standard InChI is InChI=1S/C36H47F3N6O8S/c1-53-29-16-13-21(17-26(29)36(37,38)39)30(46)40-24-18-28-31(47)43-35(33(49)44-54(51,52)25-14-15-25)19-22(35)9-5-3-2-4-6-12-27(32(48)45(28)20-24)42-34(50)41-23-10-7-8-11-23/h5,9,13,16-17,22-25,27-28H,2-4,6-8,10-12,14-15,18-20H2,1H3,(H,40,46)(H,43,47)(H,44,49)(H2,41,42,50)/b9-5-/t22-,24+,27-,28-,35+/m0/s1. The Balaban J connectivity index is 1.27. The lowest BCUT2D eigenvalue weighted by Crippen LogP contribution is -2.59. The fraction of sp³-hybridized carbons (Fsp3) is 0.639. The summed E-state index contributed by atoms with van der Waals surface area (Å²) in [6.07, 6.45) is 6.10. The summed E-state index contributed by atoms with van der Waals surface area (Å²) in [5.41, 5.74) is -3.09. The molecule has 54 heavy (non-hydrogen) atoms. The average Bonchev–Trinajstić information content (AvgIpc) is 3.99. The number of nitrogens with zero attached hydrogens (tertiary/aromatic N) is 1. The van der Waals surface area contributed by atoms with Crippen molar-refractivity contribution in [1.82, 2.24) is 30.9 Å². The number of allylic oxidation sites excluding steroid dienone is 1. The molecule has 0 aromatic heterocycles. The zero-order chi connectivity index (χ0) is 38.8. The topological polar surface area (TPSA) is 192 Å². The van der Waals surface area contributed by atoms with Gasteiger partial charge in [0.1, 0.15) is 23.4 Å². The maximum atomic E-state index is 14.4. The first-order valence-electron chi connectivity index (χ1n) is 18.6. The van der Waals surface area contributed by atoms with E-state index in [1.807, 2.05) is 6.08 Å². The fourth-order valence-corrected chi connectivity index (χ4v) is 9.06. The van der Waals surface area contributed by atoms with E-state index in [1.54, 1.807) is 6.08 Å². The summed E-state index contributed by atoms with van der Waals surface area (Å²) in [7, 11) is -2.89. The van der Waals surface area contributed by atoms with Crippen molar-refractivity contribution in [1.29, 1.82) is 0 Å². The smallest absolute Gasteiger partial charge is 0.419 e. The Labute approximate surface area is 311 Å². The Bertz CT molecular complexity index is 1780. The van der Waals surface area contributed by atoms with E-state index in [1.165, 1.54) is 4.90 Å². The molecule has 6 amide bonds. The number of ether oxygens (including phenoxy) is 1. The van der Waals surface area contributed by atoms with Crippen LogP contribution in [0.15, 0.2) is 30.4 Å². The molecule has 5 N–H and O–H groups in total. The third-order valence-electron chi connectivity index (χ3n) is 11.0. The van der Waals surface area contributed by atoms with Gasteiger partial charge >= 0.3 is 12.2 Å². The molecule has 0 bridgehead atoms. The monoisotopic (exact) mass is 780 g/mol. The van der Waals surface area contributed by atoms with Crippen molar-refractivity contribution in [3.05, 3.63) is 41.5 Å². The molecule has 1 saturated heterocycles. The minimum Gasteiger partial charge on any atom is -0.496 e. The van der Waals surface area contributed by atoms with Crippen molar-refractivity contribution < 1.29 is 50.3 Å². The van der Waals surface area contributed by atoms with Gasteiger partial charge in [-0.15, -0.1) is 0 Å². The predicted octanol–water partition coefficient (Wildman–Crippen LogP) is 3.03. The molecule has 5 aliphatic rings. The average molecular weight is 781 g/mol. The van der Waals surface area contributed by atoms with Crippen molar-refractivity contribution >= 4 is 39.7 Å². The van der Waals surface area contributed by atoms with Crippen LogP contribution in [0.5, 0.6) is 5.75 Å². The van der Waals surface area contributed by atoms with Crippen LogP contribution in [-0.2, 0) is 30.6 Å². The summed E-state index contributed by atoms with van der Waals surface area (Å²) in [6.45, 7) is -0.230. The number of hydrogen-bond acceptors (Lipinski definition) is 8. The van der Waals surface area contributed by atoms with Gasteiger partial charge in [0.2, 0.25) is 21.8 Å². The van der Waals surface area contributed by atoms with Gasteiger partial charge in [-0.1, -0.05) is 37.8 Å². The number of amides is 6. The summed E-state index contributed by atoms with van der Waals surface area (Å²) in [6, 6.07) is -0.982. The van der Waals surface area contributed by atoms with Crippen molar-refractivity contribution in [2.75, 3.05) is 13.7 Å². The highest BCUT2D eigenvalue weighted by Crippen LogP contribution is 2.46. The lowest BCUT2D eigenvalue weighted by Gasteiger charge is -2.30.